The van der Waals surface area contributed by atoms with Crippen LogP contribution in [0.2, 0.25) is 0 Å². The van der Waals surface area contributed by atoms with Crippen LogP contribution < -0.4 is 5.32 Å². The Morgan fingerprint density at radius 2 is 2.55 bits per heavy atom. The zero-order valence-electron chi connectivity index (χ0n) is 6.50. The topological polar surface area (TPSA) is 37.8 Å². The summed E-state index contributed by atoms with van der Waals surface area (Å²) in [6.45, 7) is 3.11. The van der Waals surface area contributed by atoms with Crippen molar-refractivity contribution in [1.29, 1.82) is 0 Å². The molecule has 0 bridgehead atoms. The van der Waals surface area contributed by atoms with Gasteiger partial charge in [0.25, 0.3) is 0 Å². The Labute approximate surface area is 70.0 Å². The highest BCUT2D eigenvalue weighted by Crippen LogP contribution is 2.34. The molecule has 11 heavy (non-hydrogen) atoms. The molecule has 1 N–H and O–H groups in total. The Morgan fingerprint density at radius 3 is 3.09 bits per heavy atom. The van der Waals surface area contributed by atoms with Crippen LogP contribution in [0.3, 0.4) is 0 Å². The summed E-state index contributed by atoms with van der Waals surface area (Å²) in [6.07, 6.45) is 2.59. The first-order valence-electron chi connectivity index (χ1n) is 3.79. The highest BCUT2D eigenvalue weighted by atomic mass is 32.1. The summed E-state index contributed by atoms with van der Waals surface area (Å²) < 4.78 is 3.79. The zero-order valence-corrected chi connectivity index (χ0v) is 7.32. The Balaban J connectivity index is 1.83. The third kappa shape index (κ3) is 1.75. The molecular formula is C7H11N3S. The van der Waals surface area contributed by atoms with E-state index in [9.17, 15) is 0 Å². The van der Waals surface area contributed by atoms with Crippen molar-refractivity contribution in [2.24, 2.45) is 0 Å². The smallest absolute Gasteiger partial charge is 0.0893 e. The molecule has 60 valence electrons. The molecule has 0 unspecified atom stereocenters. The van der Waals surface area contributed by atoms with Crippen LogP contribution in [0.25, 0.3) is 0 Å². The first-order valence-corrected chi connectivity index (χ1v) is 4.63. The molecule has 1 aliphatic carbocycles. The second kappa shape index (κ2) is 2.53. The lowest BCUT2D eigenvalue weighted by molar-refractivity contribution is 0.531. The monoisotopic (exact) mass is 169 g/mol. The van der Waals surface area contributed by atoms with Crippen molar-refractivity contribution in [3.05, 3.63) is 11.1 Å². The number of rotatable bonds is 3. The van der Waals surface area contributed by atoms with Gasteiger partial charge in [-0.1, -0.05) is 4.49 Å². The maximum atomic E-state index is 3.95. The maximum absolute atomic E-state index is 3.95. The molecule has 2 rings (SSSR count). The molecule has 1 aliphatic rings. The minimum absolute atomic E-state index is 0.406. The molecule has 0 atom stereocenters. The van der Waals surface area contributed by atoms with E-state index in [1.54, 1.807) is 0 Å². The van der Waals surface area contributed by atoms with Crippen LogP contribution in [0.5, 0.6) is 0 Å². The van der Waals surface area contributed by atoms with Gasteiger partial charge in [-0.15, -0.1) is 5.10 Å². The molecule has 0 aliphatic heterocycles. The van der Waals surface area contributed by atoms with Gasteiger partial charge in [-0.05, 0) is 31.3 Å². The van der Waals surface area contributed by atoms with E-state index in [1.165, 1.54) is 24.4 Å². The largest absolute Gasteiger partial charge is 0.306 e. The minimum Gasteiger partial charge on any atom is -0.306 e. The molecule has 1 heterocycles. The predicted octanol–water partition coefficient (Wildman–Crippen LogP) is 1.18. The van der Waals surface area contributed by atoms with Crippen molar-refractivity contribution >= 4 is 11.5 Å². The normalized spacial score (nSPS) is 20.1. The summed E-state index contributed by atoms with van der Waals surface area (Å²) in [5.74, 6) is 0. The predicted molar refractivity (Wildman–Crippen MR) is 44.4 cm³/mol. The highest BCUT2D eigenvalue weighted by Gasteiger charge is 2.36. The third-order valence-electron chi connectivity index (χ3n) is 2.10. The fraction of sp³-hybridized carbons (Fsp3) is 0.714. The molecule has 0 aromatic carbocycles. The minimum atomic E-state index is 0.406. The van der Waals surface area contributed by atoms with Crippen molar-refractivity contribution in [1.82, 2.24) is 14.9 Å². The number of nitrogens with zero attached hydrogens (tertiary/aromatic N) is 2. The zero-order chi connectivity index (χ0) is 7.73. The molecular weight excluding hydrogens is 158 g/mol. The van der Waals surface area contributed by atoms with E-state index in [0.29, 0.717) is 5.54 Å². The molecule has 1 saturated carbocycles. The number of hydrogen-bond acceptors (Lipinski definition) is 4. The molecule has 4 heteroatoms. The summed E-state index contributed by atoms with van der Waals surface area (Å²) >= 11 is 1.41. The van der Waals surface area contributed by atoms with Gasteiger partial charge in [-0.25, -0.2) is 0 Å². The Hall–Kier alpha value is -0.480. The van der Waals surface area contributed by atoms with Crippen LogP contribution in [-0.4, -0.2) is 15.1 Å². The second-order valence-corrected chi connectivity index (χ2v) is 3.92. The number of nitrogens with one attached hydrogen (secondary N) is 1. The molecule has 0 spiro atoms. The SMILES string of the molecule is CC1(NCc2csnn2)CC1. The van der Waals surface area contributed by atoms with Gasteiger partial charge < -0.3 is 5.32 Å². The fourth-order valence-corrected chi connectivity index (χ4v) is 1.38. The van der Waals surface area contributed by atoms with Crippen molar-refractivity contribution in [3.63, 3.8) is 0 Å². The molecule has 0 amide bonds. The van der Waals surface area contributed by atoms with Crippen LogP contribution >= 0.6 is 11.5 Å². The van der Waals surface area contributed by atoms with Crippen LogP contribution in [0, 0.1) is 0 Å². The summed E-state index contributed by atoms with van der Waals surface area (Å²) in [4.78, 5) is 0. The average Bonchev–Trinajstić information content (AvgIpc) is 2.53. The number of hydrogen-bond donors (Lipinski definition) is 1. The van der Waals surface area contributed by atoms with Crippen LogP contribution in [0.15, 0.2) is 5.38 Å². The van der Waals surface area contributed by atoms with Crippen molar-refractivity contribution in [3.8, 4) is 0 Å². The van der Waals surface area contributed by atoms with Crippen LogP contribution in [-0.2, 0) is 6.54 Å². The maximum Gasteiger partial charge on any atom is 0.0893 e. The first kappa shape index (κ1) is 7.18. The average molecular weight is 169 g/mol. The summed E-state index contributed by atoms with van der Waals surface area (Å²) in [5.41, 5.74) is 1.46. The van der Waals surface area contributed by atoms with Gasteiger partial charge in [0.15, 0.2) is 0 Å². The van der Waals surface area contributed by atoms with E-state index >= 15 is 0 Å². The third-order valence-corrected chi connectivity index (χ3v) is 2.65. The molecule has 0 radical (unpaired) electrons. The van der Waals surface area contributed by atoms with Crippen molar-refractivity contribution in [2.45, 2.75) is 31.8 Å². The van der Waals surface area contributed by atoms with Gasteiger partial charge >= 0.3 is 0 Å². The number of aromatic nitrogens is 2. The summed E-state index contributed by atoms with van der Waals surface area (Å²) in [7, 11) is 0. The second-order valence-electron chi connectivity index (χ2n) is 3.31. The van der Waals surface area contributed by atoms with E-state index in [4.69, 9.17) is 0 Å². The lowest BCUT2D eigenvalue weighted by atomic mass is 10.3. The quantitative estimate of drug-likeness (QED) is 0.738. The van der Waals surface area contributed by atoms with Gasteiger partial charge in [0, 0.05) is 17.5 Å². The van der Waals surface area contributed by atoms with Gasteiger partial charge in [0.2, 0.25) is 0 Å². The molecule has 1 aromatic heterocycles. The summed E-state index contributed by atoms with van der Waals surface area (Å²) in [5, 5.41) is 9.38. The Kier molecular flexibility index (Phi) is 1.65. The van der Waals surface area contributed by atoms with Crippen LogP contribution in [0.1, 0.15) is 25.5 Å². The lowest BCUT2D eigenvalue weighted by Crippen LogP contribution is -2.27. The fourth-order valence-electron chi connectivity index (χ4n) is 0.929. The van der Waals surface area contributed by atoms with E-state index < -0.39 is 0 Å². The standard InChI is InChI=1S/C7H11N3S/c1-7(2-3-7)8-4-6-5-11-10-9-6/h5,8H,2-4H2,1H3. The van der Waals surface area contributed by atoms with Gasteiger partial charge in [0.05, 0.1) is 5.69 Å². The van der Waals surface area contributed by atoms with Gasteiger partial charge in [0.1, 0.15) is 0 Å². The Bertz CT molecular complexity index is 228. The van der Waals surface area contributed by atoms with Gasteiger partial charge in [-0.2, -0.15) is 0 Å². The van der Waals surface area contributed by atoms with Crippen LogP contribution in [0.4, 0.5) is 0 Å². The highest BCUT2D eigenvalue weighted by molar-refractivity contribution is 7.03. The van der Waals surface area contributed by atoms with E-state index in [1.807, 2.05) is 5.38 Å². The van der Waals surface area contributed by atoms with E-state index in [0.717, 1.165) is 12.2 Å². The lowest BCUT2D eigenvalue weighted by Gasteiger charge is -2.07. The first-order chi connectivity index (χ1) is 5.29. The molecule has 0 saturated heterocycles. The van der Waals surface area contributed by atoms with E-state index in [-0.39, 0.29) is 0 Å². The van der Waals surface area contributed by atoms with Gasteiger partial charge in [-0.3, -0.25) is 0 Å². The van der Waals surface area contributed by atoms with Crippen molar-refractivity contribution < 1.29 is 0 Å². The summed E-state index contributed by atoms with van der Waals surface area (Å²) in [6, 6.07) is 0. The Morgan fingerprint density at radius 1 is 1.73 bits per heavy atom. The van der Waals surface area contributed by atoms with E-state index in [2.05, 4.69) is 21.8 Å². The molecule has 1 fully saturated rings. The molecule has 1 aromatic rings. The van der Waals surface area contributed by atoms with Crippen molar-refractivity contribution in [2.75, 3.05) is 0 Å². The molecule has 3 nitrogen and oxygen atoms in total.